The Morgan fingerprint density at radius 2 is 2.00 bits per heavy atom. The summed E-state index contributed by atoms with van der Waals surface area (Å²) in [4.78, 5) is 16.5. The van der Waals surface area contributed by atoms with Gasteiger partial charge in [0, 0.05) is 34.1 Å². The number of rotatable bonds is 4. The predicted molar refractivity (Wildman–Crippen MR) is 38.4 cm³/mol. The van der Waals surface area contributed by atoms with Crippen LogP contribution in [0.25, 0.3) is 0 Å². The number of aliphatic hydroxyl groups is 1. The fourth-order valence-electron chi connectivity index (χ4n) is 0.276. The van der Waals surface area contributed by atoms with Crippen LogP contribution in [0.1, 0.15) is 0 Å². The van der Waals surface area contributed by atoms with Crippen LogP contribution in [0.3, 0.4) is 0 Å². The molecule has 0 aliphatic carbocycles. The van der Waals surface area contributed by atoms with E-state index in [0.29, 0.717) is 0 Å². The normalized spacial score (nSPS) is 16.5. The smallest absolute Gasteiger partial charge is 0.396 e. The fourth-order valence-corrected chi connectivity index (χ4v) is 1.73. The minimum absolute atomic E-state index is 0. The Bertz CT molecular complexity index is 170. The Morgan fingerprint density at radius 3 is 2.27 bits per heavy atom. The molecule has 11 heavy (non-hydrogen) atoms. The average Bonchev–Trinajstić information content (AvgIpc) is 1.59. The molecular formula is C2H7NaO6P2+. The average molecular weight is 212 g/mol. The van der Waals surface area contributed by atoms with Crippen molar-refractivity contribution in [3.8, 4) is 0 Å². The molecule has 3 N–H and O–H groups in total. The molecule has 1 radical (unpaired) electrons. The van der Waals surface area contributed by atoms with E-state index in [-0.39, 0.29) is 29.6 Å². The molecule has 0 aromatic rings. The Balaban J connectivity index is 0. The van der Waals surface area contributed by atoms with Crippen LogP contribution < -0.4 is 0 Å². The van der Waals surface area contributed by atoms with Gasteiger partial charge in [-0.05, 0) is 4.31 Å². The molecule has 0 heterocycles. The molecule has 2 unspecified atom stereocenters. The SMILES string of the molecule is O=[P+](O)OP(=O)(O)CCO.[Na]. The van der Waals surface area contributed by atoms with Crippen molar-refractivity contribution in [2.45, 2.75) is 0 Å². The summed E-state index contributed by atoms with van der Waals surface area (Å²) in [6, 6.07) is 0. The molecule has 0 rings (SSSR count). The fraction of sp³-hybridized carbons (Fsp3) is 1.00. The zero-order chi connectivity index (χ0) is 8.20. The first-order chi connectivity index (χ1) is 4.48. The van der Waals surface area contributed by atoms with Crippen molar-refractivity contribution in [2.75, 3.05) is 12.8 Å². The quantitative estimate of drug-likeness (QED) is 0.426. The van der Waals surface area contributed by atoms with Crippen molar-refractivity contribution in [3.05, 3.63) is 0 Å². The molecule has 0 aliphatic rings. The van der Waals surface area contributed by atoms with Crippen LogP contribution in [0.2, 0.25) is 0 Å². The van der Waals surface area contributed by atoms with Crippen molar-refractivity contribution >= 4 is 45.4 Å². The van der Waals surface area contributed by atoms with Gasteiger partial charge in [0.25, 0.3) is 0 Å². The number of hydrogen-bond acceptors (Lipinski definition) is 4. The summed E-state index contributed by atoms with van der Waals surface area (Å²) in [6.45, 7) is -0.559. The molecule has 0 amide bonds. The Hall–Kier alpha value is 1.17. The van der Waals surface area contributed by atoms with Gasteiger partial charge in [0.1, 0.15) is 0 Å². The van der Waals surface area contributed by atoms with E-state index in [0.717, 1.165) is 0 Å². The molecule has 0 fully saturated rings. The third kappa shape index (κ3) is 9.08. The summed E-state index contributed by atoms with van der Waals surface area (Å²) >= 11 is 0. The van der Waals surface area contributed by atoms with Gasteiger partial charge in [0.05, 0.1) is 12.8 Å². The summed E-state index contributed by atoms with van der Waals surface area (Å²) in [6.07, 6.45) is -0.533. The molecule has 0 saturated heterocycles. The summed E-state index contributed by atoms with van der Waals surface area (Å²) in [5, 5.41) is 8.13. The topological polar surface area (TPSA) is 104 Å². The van der Waals surface area contributed by atoms with Crippen LogP contribution in [0.5, 0.6) is 0 Å². The summed E-state index contributed by atoms with van der Waals surface area (Å²) in [7, 11) is -7.11. The van der Waals surface area contributed by atoms with Crippen LogP contribution in [0.4, 0.5) is 0 Å². The van der Waals surface area contributed by atoms with Gasteiger partial charge in [-0.15, -0.1) is 4.89 Å². The molecule has 0 aromatic heterocycles. The van der Waals surface area contributed by atoms with E-state index in [1.54, 1.807) is 0 Å². The van der Waals surface area contributed by atoms with E-state index in [1.807, 2.05) is 0 Å². The summed E-state index contributed by atoms with van der Waals surface area (Å²) in [5.41, 5.74) is 0. The van der Waals surface area contributed by atoms with Gasteiger partial charge in [-0.3, -0.25) is 4.57 Å². The second kappa shape index (κ2) is 6.66. The minimum atomic E-state index is -4.03. The molecule has 0 bridgehead atoms. The molecule has 9 heteroatoms. The maximum Gasteiger partial charge on any atom is 0.703 e. The maximum absolute atomic E-state index is 10.5. The van der Waals surface area contributed by atoms with E-state index in [4.69, 9.17) is 14.9 Å². The number of aliphatic hydroxyl groups excluding tert-OH is 1. The van der Waals surface area contributed by atoms with E-state index >= 15 is 0 Å². The molecule has 6 nitrogen and oxygen atoms in total. The summed E-state index contributed by atoms with van der Waals surface area (Å²) in [5.74, 6) is 0. The standard InChI is InChI=1S/C2H6O6P2.Na/c3-1-2-10(6,7)8-9(4)5;/h3H,1-2H2,(H-,4,5,6,7);/p+1. The van der Waals surface area contributed by atoms with E-state index in [1.165, 1.54) is 0 Å². The van der Waals surface area contributed by atoms with Gasteiger partial charge in [-0.25, -0.2) is 0 Å². The Morgan fingerprint density at radius 1 is 1.55 bits per heavy atom. The van der Waals surface area contributed by atoms with Crippen molar-refractivity contribution in [2.24, 2.45) is 0 Å². The third-order valence-corrected chi connectivity index (χ3v) is 2.92. The number of hydrogen-bond donors (Lipinski definition) is 3. The maximum atomic E-state index is 10.5. The first kappa shape index (κ1) is 14.7. The first-order valence-electron chi connectivity index (χ1n) is 2.26. The molecule has 0 aliphatic heterocycles. The van der Waals surface area contributed by atoms with Crippen molar-refractivity contribution < 1.29 is 28.3 Å². The Kier molecular flexibility index (Phi) is 8.89. The zero-order valence-electron chi connectivity index (χ0n) is 5.88. The van der Waals surface area contributed by atoms with Gasteiger partial charge in [0.15, 0.2) is 0 Å². The van der Waals surface area contributed by atoms with Crippen LogP contribution in [-0.4, -0.2) is 57.2 Å². The van der Waals surface area contributed by atoms with E-state index in [9.17, 15) is 9.13 Å². The molecular weight excluding hydrogens is 205 g/mol. The third-order valence-electron chi connectivity index (χ3n) is 0.580. The minimum Gasteiger partial charge on any atom is -0.396 e. The van der Waals surface area contributed by atoms with Gasteiger partial charge in [0.2, 0.25) is 0 Å². The second-order valence-electron chi connectivity index (χ2n) is 1.40. The largest absolute Gasteiger partial charge is 0.703 e. The first-order valence-corrected chi connectivity index (χ1v) is 5.16. The second-order valence-corrected chi connectivity index (χ2v) is 4.26. The van der Waals surface area contributed by atoms with Gasteiger partial charge >= 0.3 is 15.9 Å². The molecule has 2 atom stereocenters. The van der Waals surface area contributed by atoms with Crippen molar-refractivity contribution in [1.29, 1.82) is 0 Å². The monoisotopic (exact) mass is 212 g/mol. The van der Waals surface area contributed by atoms with Gasteiger partial charge in [-0.2, -0.15) is 0 Å². The van der Waals surface area contributed by atoms with Crippen LogP contribution >= 0.6 is 15.9 Å². The molecule has 0 aromatic carbocycles. The van der Waals surface area contributed by atoms with Gasteiger partial charge < -0.3 is 10.00 Å². The predicted octanol–water partition coefficient (Wildman–Crippen LogP) is -0.550. The van der Waals surface area contributed by atoms with Crippen molar-refractivity contribution in [3.63, 3.8) is 0 Å². The van der Waals surface area contributed by atoms with Crippen molar-refractivity contribution in [1.82, 2.24) is 0 Å². The molecule has 61 valence electrons. The van der Waals surface area contributed by atoms with E-state index < -0.39 is 28.6 Å². The van der Waals surface area contributed by atoms with Crippen LogP contribution in [-0.2, 0) is 13.4 Å². The summed E-state index contributed by atoms with van der Waals surface area (Å²) < 4.78 is 23.9. The molecule has 0 saturated carbocycles. The molecule has 0 spiro atoms. The zero-order valence-corrected chi connectivity index (χ0v) is 9.66. The Labute approximate surface area is 86.4 Å². The van der Waals surface area contributed by atoms with Gasteiger partial charge in [-0.1, -0.05) is 0 Å². The van der Waals surface area contributed by atoms with Crippen LogP contribution in [0, 0.1) is 0 Å². The van der Waals surface area contributed by atoms with Crippen LogP contribution in [0.15, 0.2) is 0 Å². The van der Waals surface area contributed by atoms with E-state index in [2.05, 4.69) is 4.31 Å².